The molecule has 3 aromatic rings. The van der Waals surface area contributed by atoms with Gasteiger partial charge in [0.2, 0.25) is 0 Å². The van der Waals surface area contributed by atoms with Crippen LogP contribution in [0.25, 0.3) is 10.9 Å². The number of hydrogen-bond donors (Lipinski definition) is 2. The van der Waals surface area contributed by atoms with Crippen LogP contribution in [0.5, 0.6) is 0 Å². The van der Waals surface area contributed by atoms with Crippen molar-refractivity contribution in [2.24, 2.45) is 0 Å². The van der Waals surface area contributed by atoms with Crippen molar-refractivity contribution in [1.29, 1.82) is 0 Å². The van der Waals surface area contributed by atoms with E-state index in [1.54, 1.807) is 0 Å². The largest absolute Gasteiger partial charge is 0.396 e. The molecule has 2 N–H and O–H groups in total. The Kier molecular flexibility index (Phi) is 7.09. The van der Waals surface area contributed by atoms with Crippen LogP contribution >= 0.6 is 0 Å². The van der Waals surface area contributed by atoms with Gasteiger partial charge in [0.1, 0.15) is 0 Å². The molecule has 1 aliphatic carbocycles. The summed E-state index contributed by atoms with van der Waals surface area (Å²) >= 11 is 0. The molecule has 1 aromatic carbocycles. The van der Waals surface area contributed by atoms with Crippen LogP contribution in [0.15, 0.2) is 29.1 Å². The first-order valence-electron chi connectivity index (χ1n) is 11.4. The molecule has 8 nitrogen and oxygen atoms in total. The molecular formula is C23H32N6O2. The molecule has 1 aliphatic rings. The first-order valence-corrected chi connectivity index (χ1v) is 11.4. The van der Waals surface area contributed by atoms with E-state index in [1.807, 2.05) is 16.8 Å². The summed E-state index contributed by atoms with van der Waals surface area (Å²) in [5.41, 5.74) is 2.75. The molecule has 4 rings (SSSR count). The minimum atomic E-state index is -0.0716. The zero-order chi connectivity index (χ0) is 21.6. The third kappa shape index (κ3) is 5.19. The maximum absolute atomic E-state index is 12.7. The standard InChI is InChI=1S/C23H32N6O2/c1-2-17-9-10-21-18(13-17)14-19(23(31)24-21)15-28(11-6-12-30)16-22-25-26-27-29(22)20-7-4-3-5-8-20/h9-10,13-14,20,30H,2-8,11-12,15-16H2,1H3,(H,24,31). The fourth-order valence-corrected chi connectivity index (χ4v) is 4.51. The van der Waals surface area contributed by atoms with Crippen molar-refractivity contribution in [2.75, 3.05) is 13.2 Å². The minimum absolute atomic E-state index is 0.0716. The van der Waals surface area contributed by atoms with Crippen LogP contribution in [0.1, 0.15) is 68.4 Å². The Hall–Kier alpha value is -2.58. The number of aromatic nitrogens is 5. The van der Waals surface area contributed by atoms with Gasteiger partial charge in [-0.3, -0.25) is 9.69 Å². The van der Waals surface area contributed by atoms with E-state index in [0.29, 0.717) is 32.1 Å². The maximum atomic E-state index is 12.7. The number of nitrogens with zero attached hydrogens (tertiary/aromatic N) is 5. The highest BCUT2D eigenvalue weighted by atomic mass is 16.3. The van der Waals surface area contributed by atoms with E-state index in [1.165, 1.54) is 24.8 Å². The summed E-state index contributed by atoms with van der Waals surface area (Å²) in [5.74, 6) is 0.829. The van der Waals surface area contributed by atoms with Gasteiger partial charge in [0, 0.05) is 30.8 Å². The number of rotatable bonds is 9. The van der Waals surface area contributed by atoms with E-state index in [0.717, 1.165) is 41.6 Å². The van der Waals surface area contributed by atoms with Gasteiger partial charge < -0.3 is 10.1 Å². The first-order chi connectivity index (χ1) is 15.2. The Morgan fingerprint density at radius 3 is 2.81 bits per heavy atom. The number of fused-ring (bicyclic) bond motifs is 1. The highest BCUT2D eigenvalue weighted by molar-refractivity contribution is 5.79. The topological polar surface area (TPSA) is 99.9 Å². The predicted octanol–water partition coefficient (Wildman–Crippen LogP) is 2.97. The van der Waals surface area contributed by atoms with Crippen molar-refractivity contribution in [2.45, 2.75) is 71.0 Å². The molecule has 2 aromatic heterocycles. The lowest BCUT2D eigenvalue weighted by Crippen LogP contribution is -2.30. The number of tetrazole rings is 1. The third-order valence-electron chi connectivity index (χ3n) is 6.27. The quantitative estimate of drug-likeness (QED) is 0.548. The summed E-state index contributed by atoms with van der Waals surface area (Å²) in [5, 5.41) is 22.9. The molecule has 2 heterocycles. The second-order valence-corrected chi connectivity index (χ2v) is 8.52. The zero-order valence-electron chi connectivity index (χ0n) is 18.3. The number of aliphatic hydroxyl groups excluding tert-OH is 1. The second kappa shape index (κ2) is 10.2. The number of nitrogens with one attached hydrogen (secondary N) is 1. The molecule has 1 fully saturated rings. The molecule has 0 aliphatic heterocycles. The van der Waals surface area contributed by atoms with E-state index in [-0.39, 0.29) is 12.2 Å². The SMILES string of the molecule is CCc1ccc2[nH]c(=O)c(CN(CCCO)Cc3nnnn3C3CCCCC3)cc2c1. The van der Waals surface area contributed by atoms with Gasteiger partial charge in [0.25, 0.3) is 5.56 Å². The molecule has 0 bridgehead atoms. The van der Waals surface area contributed by atoms with Crippen molar-refractivity contribution in [3.8, 4) is 0 Å². The minimum Gasteiger partial charge on any atom is -0.396 e. The summed E-state index contributed by atoms with van der Waals surface area (Å²) in [7, 11) is 0. The van der Waals surface area contributed by atoms with Crippen LogP contribution in [0.4, 0.5) is 0 Å². The molecule has 0 spiro atoms. The third-order valence-corrected chi connectivity index (χ3v) is 6.27. The van der Waals surface area contributed by atoms with Crippen LogP contribution in [0.2, 0.25) is 0 Å². The summed E-state index contributed by atoms with van der Waals surface area (Å²) in [6, 6.07) is 8.51. The Labute approximate surface area is 182 Å². The number of pyridine rings is 1. The number of aryl methyl sites for hydroxylation is 1. The number of aromatic amines is 1. The number of aliphatic hydroxyl groups is 1. The van der Waals surface area contributed by atoms with E-state index >= 15 is 0 Å². The van der Waals surface area contributed by atoms with Gasteiger partial charge in [-0.2, -0.15) is 0 Å². The highest BCUT2D eigenvalue weighted by Crippen LogP contribution is 2.28. The molecule has 166 valence electrons. The summed E-state index contributed by atoms with van der Waals surface area (Å²) in [6.45, 7) is 3.94. The van der Waals surface area contributed by atoms with Crippen LogP contribution < -0.4 is 5.56 Å². The van der Waals surface area contributed by atoms with Gasteiger partial charge >= 0.3 is 0 Å². The van der Waals surface area contributed by atoms with Crippen molar-refractivity contribution in [3.63, 3.8) is 0 Å². The molecule has 0 amide bonds. The van der Waals surface area contributed by atoms with Gasteiger partial charge in [0.15, 0.2) is 5.82 Å². The highest BCUT2D eigenvalue weighted by Gasteiger charge is 2.22. The predicted molar refractivity (Wildman–Crippen MR) is 120 cm³/mol. The fourth-order valence-electron chi connectivity index (χ4n) is 4.51. The Morgan fingerprint density at radius 1 is 1.19 bits per heavy atom. The van der Waals surface area contributed by atoms with Crippen molar-refractivity contribution < 1.29 is 5.11 Å². The monoisotopic (exact) mass is 424 g/mol. The van der Waals surface area contributed by atoms with Crippen molar-refractivity contribution >= 4 is 10.9 Å². The van der Waals surface area contributed by atoms with E-state index < -0.39 is 0 Å². The lowest BCUT2D eigenvalue weighted by molar-refractivity contribution is 0.201. The van der Waals surface area contributed by atoms with E-state index in [2.05, 4.69) is 44.5 Å². The molecule has 8 heteroatoms. The van der Waals surface area contributed by atoms with Gasteiger partial charge in [-0.1, -0.05) is 32.3 Å². The number of H-pyrrole nitrogens is 1. The van der Waals surface area contributed by atoms with Crippen LogP contribution in [-0.2, 0) is 19.5 Å². The molecule has 1 saturated carbocycles. The average Bonchev–Trinajstić information content (AvgIpc) is 3.26. The lowest BCUT2D eigenvalue weighted by atomic mass is 9.95. The summed E-state index contributed by atoms with van der Waals surface area (Å²) < 4.78 is 1.98. The van der Waals surface area contributed by atoms with Gasteiger partial charge in [-0.15, -0.1) is 5.10 Å². The van der Waals surface area contributed by atoms with Crippen LogP contribution in [0, 0.1) is 0 Å². The van der Waals surface area contributed by atoms with Gasteiger partial charge in [-0.25, -0.2) is 4.68 Å². The van der Waals surface area contributed by atoms with Crippen molar-refractivity contribution in [3.05, 3.63) is 51.6 Å². The maximum Gasteiger partial charge on any atom is 0.252 e. The summed E-state index contributed by atoms with van der Waals surface area (Å²) in [4.78, 5) is 17.9. The van der Waals surface area contributed by atoms with E-state index in [9.17, 15) is 9.90 Å². The lowest BCUT2D eigenvalue weighted by Gasteiger charge is -2.25. The van der Waals surface area contributed by atoms with Crippen molar-refractivity contribution in [1.82, 2.24) is 30.1 Å². The zero-order valence-corrected chi connectivity index (χ0v) is 18.3. The second-order valence-electron chi connectivity index (χ2n) is 8.52. The van der Waals surface area contributed by atoms with Crippen LogP contribution in [-0.4, -0.2) is 48.3 Å². The smallest absolute Gasteiger partial charge is 0.252 e. The van der Waals surface area contributed by atoms with Gasteiger partial charge in [-0.05, 0) is 65.3 Å². The average molecular weight is 425 g/mol. The Bertz CT molecular complexity index is 1050. The molecule has 0 saturated heterocycles. The molecule has 0 radical (unpaired) electrons. The van der Waals surface area contributed by atoms with Gasteiger partial charge in [0.05, 0.1) is 12.6 Å². The van der Waals surface area contributed by atoms with E-state index in [4.69, 9.17) is 0 Å². The molecule has 31 heavy (non-hydrogen) atoms. The molecular weight excluding hydrogens is 392 g/mol. The first kappa shape index (κ1) is 21.6. The normalized spacial score (nSPS) is 15.2. The molecule has 0 unspecified atom stereocenters. The number of benzene rings is 1. The molecule has 0 atom stereocenters. The fraction of sp³-hybridized carbons (Fsp3) is 0.565. The van der Waals surface area contributed by atoms with Crippen LogP contribution in [0.3, 0.4) is 0 Å². The Balaban J connectivity index is 1.57. The summed E-state index contributed by atoms with van der Waals surface area (Å²) in [6.07, 6.45) is 7.51. The Morgan fingerprint density at radius 2 is 2.03 bits per heavy atom. The number of hydrogen-bond acceptors (Lipinski definition) is 6.